The Morgan fingerprint density at radius 3 is 2.55 bits per heavy atom. The molecule has 1 heterocycles. The summed E-state index contributed by atoms with van der Waals surface area (Å²) >= 11 is 0. The van der Waals surface area contributed by atoms with Crippen molar-refractivity contribution in [2.24, 2.45) is 5.92 Å². The molecule has 1 atom stereocenters. The zero-order chi connectivity index (χ0) is 14.7. The van der Waals surface area contributed by atoms with Gasteiger partial charge in [0.2, 0.25) is 0 Å². The van der Waals surface area contributed by atoms with Crippen LogP contribution in [0, 0.1) is 12.8 Å². The minimum absolute atomic E-state index is 0.139. The van der Waals surface area contributed by atoms with E-state index < -0.39 is 11.9 Å². The van der Waals surface area contributed by atoms with Crippen molar-refractivity contribution in [1.82, 2.24) is 4.90 Å². The summed E-state index contributed by atoms with van der Waals surface area (Å²) in [5, 5.41) is 9.07. The van der Waals surface area contributed by atoms with Gasteiger partial charge in [-0.05, 0) is 31.9 Å². The Balaban J connectivity index is 2.06. The molecule has 0 bridgehead atoms. The van der Waals surface area contributed by atoms with Gasteiger partial charge in [0.1, 0.15) is 0 Å². The van der Waals surface area contributed by atoms with E-state index in [1.165, 1.54) is 0 Å². The van der Waals surface area contributed by atoms with Crippen molar-refractivity contribution in [2.75, 3.05) is 25.0 Å². The van der Waals surface area contributed by atoms with Crippen LogP contribution in [0.2, 0.25) is 0 Å². The van der Waals surface area contributed by atoms with Crippen LogP contribution in [0.1, 0.15) is 18.4 Å². The van der Waals surface area contributed by atoms with Gasteiger partial charge in [0.15, 0.2) is 0 Å². The van der Waals surface area contributed by atoms with Gasteiger partial charge in [-0.15, -0.1) is 0 Å². The number of carboxylic acids is 1. The first-order valence-corrected chi connectivity index (χ1v) is 6.81. The average Bonchev–Trinajstić information content (AvgIpc) is 2.46. The lowest BCUT2D eigenvalue weighted by Gasteiger charge is -2.33. The molecule has 5 heteroatoms. The quantitative estimate of drug-likeness (QED) is 0.902. The Hall–Kier alpha value is -2.04. The van der Waals surface area contributed by atoms with Gasteiger partial charge >= 0.3 is 12.0 Å². The first kappa shape index (κ1) is 14.4. The van der Waals surface area contributed by atoms with Crippen molar-refractivity contribution in [2.45, 2.75) is 19.8 Å². The van der Waals surface area contributed by atoms with Crippen LogP contribution in [0.5, 0.6) is 0 Å². The summed E-state index contributed by atoms with van der Waals surface area (Å²) in [6.45, 7) is 2.91. The number of carboxylic acid groups (broad SMARTS) is 1. The third-order valence-corrected chi connectivity index (χ3v) is 3.75. The number of likely N-dealkylation sites (tertiary alicyclic amines) is 1. The third kappa shape index (κ3) is 3.10. The Bertz CT molecular complexity index is 498. The van der Waals surface area contributed by atoms with Crippen LogP contribution in [0.3, 0.4) is 0 Å². The van der Waals surface area contributed by atoms with Crippen molar-refractivity contribution in [3.8, 4) is 0 Å². The zero-order valence-electron chi connectivity index (χ0n) is 11.9. The molecule has 0 unspecified atom stereocenters. The monoisotopic (exact) mass is 276 g/mol. The van der Waals surface area contributed by atoms with Crippen LogP contribution < -0.4 is 4.90 Å². The van der Waals surface area contributed by atoms with Crippen LogP contribution >= 0.6 is 0 Å². The van der Waals surface area contributed by atoms with Gasteiger partial charge in [-0.1, -0.05) is 17.7 Å². The number of hydrogen-bond donors (Lipinski definition) is 1. The lowest BCUT2D eigenvalue weighted by Crippen LogP contribution is -2.47. The molecular formula is C15H20N2O3. The lowest BCUT2D eigenvalue weighted by molar-refractivity contribution is -0.143. The number of nitrogens with zero attached hydrogens (tertiary/aromatic N) is 2. The van der Waals surface area contributed by atoms with Gasteiger partial charge in [0, 0.05) is 25.8 Å². The number of aliphatic carboxylic acids is 1. The smallest absolute Gasteiger partial charge is 0.324 e. The van der Waals surface area contributed by atoms with Crippen molar-refractivity contribution in [1.29, 1.82) is 0 Å². The second kappa shape index (κ2) is 5.94. The molecule has 2 amide bonds. The molecule has 1 aliphatic rings. The fourth-order valence-corrected chi connectivity index (χ4v) is 2.44. The molecule has 108 valence electrons. The van der Waals surface area contributed by atoms with Crippen molar-refractivity contribution < 1.29 is 14.7 Å². The van der Waals surface area contributed by atoms with E-state index >= 15 is 0 Å². The molecule has 0 radical (unpaired) electrons. The van der Waals surface area contributed by atoms with E-state index in [2.05, 4.69) is 0 Å². The van der Waals surface area contributed by atoms with Gasteiger partial charge in [0.25, 0.3) is 0 Å². The highest BCUT2D eigenvalue weighted by Crippen LogP contribution is 2.20. The summed E-state index contributed by atoms with van der Waals surface area (Å²) in [6, 6.07) is 7.56. The van der Waals surface area contributed by atoms with E-state index in [4.69, 9.17) is 5.11 Å². The minimum atomic E-state index is -0.819. The molecule has 0 spiro atoms. The average molecular weight is 276 g/mol. The topological polar surface area (TPSA) is 60.9 Å². The molecular weight excluding hydrogens is 256 g/mol. The first-order valence-electron chi connectivity index (χ1n) is 6.81. The van der Waals surface area contributed by atoms with Crippen molar-refractivity contribution in [3.05, 3.63) is 29.8 Å². The van der Waals surface area contributed by atoms with Gasteiger partial charge < -0.3 is 10.0 Å². The van der Waals surface area contributed by atoms with Crippen molar-refractivity contribution >= 4 is 17.7 Å². The first-order chi connectivity index (χ1) is 9.49. The number of anilines is 1. The maximum atomic E-state index is 12.4. The molecule has 1 saturated heterocycles. The van der Waals surface area contributed by atoms with Crippen LogP contribution in [0.15, 0.2) is 24.3 Å². The standard InChI is InChI=1S/C15H20N2O3/c1-11-5-7-13(8-6-11)16(2)15(20)17-9-3-4-12(10-17)14(18)19/h5-8,12H,3-4,9-10H2,1-2H3,(H,18,19)/t12-/m1/s1. The number of hydrogen-bond acceptors (Lipinski definition) is 2. The zero-order valence-corrected chi connectivity index (χ0v) is 11.9. The maximum absolute atomic E-state index is 12.4. The Morgan fingerprint density at radius 1 is 1.30 bits per heavy atom. The fraction of sp³-hybridized carbons (Fsp3) is 0.467. The number of rotatable bonds is 2. The summed E-state index contributed by atoms with van der Waals surface area (Å²) in [4.78, 5) is 26.7. The van der Waals surface area contributed by atoms with Crippen molar-refractivity contribution in [3.63, 3.8) is 0 Å². The number of piperidine rings is 1. The highest BCUT2D eigenvalue weighted by Gasteiger charge is 2.29. The fourth-order valence-electron chi connectivity index (χ4n) is 2.44. The van der Waals surface area contributed by atoms with E-state index in [1.54, 1.807) is 16.8 Å². The molecule has 0 aliphatic carbocycles. The normalized spacial score (nSPS) is 18.7. The van der Waals surface area contributed by atoms with Crippen LogP contribution in [0.25, 0.3) is 0 Å². The summed E-state index contributed by atoms with van der Waals surface area (Å²) < 4.78 is 0. The van der Waals surface area contributed by atoms with Crippen LogP contribution in [-0.2, 0) is 4.79 Å². The number of aryl methyl sites for hydroxylation is 1. The molecule has 1 aliphatic heterocycles. The van der Waals surface area contributed by atoms with Gasteiger partial charge in [-0.3, -0.25) is 9.69 Å². The van der Waals surface area contributed by atoms with E-state index in [-0.39, 0.29) is 6.03 Å². The van der Waals surface area contributed by atoms with Crippen LogP contribution in [-0.4, -0.2) is 42.1 Å². The summed E-state index contributed by atoms with van der Waals surface area (Å²) in [7, 11) is 1.72. The van der Waals surface area contributed by atoms with Gasteiger partial charge in [-0.2, -0.15) is 0 Å². The Kier molecular flexibility index (Phi) is 4.27. The molecule has 20 heavy (non-hydrogen) atoms. The lowest BCUT2D eigenvalue weighted by atomic mass is 9.98. The number of carbonyl (C=O) groups excluding carboxylic acids is 1. The molecule has 1 fully saturated rings. The molecule has 2 rings (SSSR count). The predicted octanol–water partition coefficient (Wildman–Crippen LogP) is 2.35. The number of amides is 2. The second-order valence-electron chi connectivity index (χ2n) is 5.30. The second-order valence-corrected chi connectivity index (χ2v) is 5.30. The minimum Gasteiger partial charge on any atom is -0.481 e. The molecule has 5 nitrogen and oxygen atoms in total. The highest BCUT2D eigenvalue weighted by atomic mass is 16.4. The summed E-state index contributed by atoms with van der Waals surface area (Å²) in [5.74, 6) is -1.26. The predicted molar refractivity (Wildman–Crippen MR) is 76.9 cm³/mol. The molecule has 0 aromatic heterocycles. The molecule has 1 N–H and O–H groups in total. The molecule has 1 aromatic rings. The van der Waals surface area contributed by atoms with Gasteiger partial charge in [0.05, 0.1) is 5.92 Å². The van der Waals surface area contributed by atoms with E-state index in [9.17, 15) is 9.59 Å². The number of benzene rings is 1. The van der Waals surface area contributed by atoms with E-state index in [0.717, 1.165) is 17.7 Å². The molecule has 1 aromatic carbocycles. The van der Waals surface area contributed by atoms with Crippen LogP contribution in [0.4, 0.5) is 10.5 Å². The Morgan fingerprint density at radius 2 is 1.95 bits per heavy atom. The summed E-state index contributed by atoms with van der Waals surface area (Å²) in [6.07, 6.45) is 1.39. The third-order valence-electron chi connectivity index (χ3n) is 3.75. The highest BCUT2D eigenvalue weighted by molar-refractivity contribution is 5.91. The number of carbonyl (C=O) groups is 2. The maximum Gasteiger partial charge on any atom is 0.324 e. The van der Waals surface area contributed by atoms with E-state index in [0.29, 0.717) is 19.5 Å². The molecule has 0 saturated carbocycles. The van der Waals surface area contributed by atoms with E-state index in [1.807, 2.05) is 31.2 Å². The summed E-state index contributed by atoms with van der Waals surface area (Å²) in [5.41, 5.74) is 1.96. The van der Waals surface area contributed by atoms with Gasteiger partial charge in [-0.25, -0.2) is 4.79 Å². The number of urea groups is 1. The SMILES string of the molecule is Cc1ccc(N(C)C(=O)N2CCC[C@@H](C(=O)O)C2)cc1. The largest absolute Gasteiger partial charge is 0.481 e. The Labute approximate surface area is 118 Å².